The number of rotatable bonds is 2. The summed E-state index contributed by atoms with van der Waals surface area (Å²) in [7, 11) is 0. The lowest BCUT2D eigenvalue weighted by atomic mass is 9.83. The zero-order chi connectivity index (χ0) is 16.3. The molecule has 2 rings (SSSR count). The van der Waals surface area contributed by atoms with Gasteiger partial charge in [-0.1, -0.05) is 11.6 Å². The van der Waals surface area contributed by atoms with Crippen LogP contribution in [-0.2, 0) is 0 Å². The molecule has 6 heteroatoms. The zero-order valence-electron chi connectivity index (χ0n) is 11.7. The molecule has 1 aliphatic rings. The Morgan fingerprint density at radius 1 is 1.32 bits per heavy atom. The molecular weight excluding hydrogens is 300 g/mol. The van der Waals surface area contributed by atoms with Crippen molar-refractivity contribution < 1.29 is 4.74 Å². The summed E-state index contributed by atoms with van der Waals surface area (Å²) in [5.74, 6) is 0.156. The highest BCUT2D eigenvalue weighted by Gasteiger charge is 2.30. The van der Waals surface area contributed by atoms with E-state index in [4.69, 9.17) is 32.6 Å². The first-order valence-electron chi connectivity index (χ1n) is 6.38. The number of hydrogen-bond donors (Lipinski definition) is 1. The number of benzene rings is 1. The van der Waals surface area contributed by atoms with Crippen molar-refractivity contribution in [3.05, 3.63) is 51.4 Å². The molecule has 0 amide bonds. The van der Waals surface area contributed by atoms with Crippen LogP contribution in [0.5, 0.6) is 5.75 Å². The van der Waals surface area contributed by atoms with Gasteiger partial charge in [-0.25, -0.2) is 0 Å². The van der Waals surface area contributed by atoms with Crippen molar-refractivity contribution in [1.29, 1.82) is 15.8 Å². The second kappa shape index (κ2) is 6.22. The van der Waals surface area contributed by atoms with Crippen LogP contribution in [0.3, 0.4) is 0 Å². The largest absolute Gasteiger partial charge is 0.440 e. The summed E-state index contributed by atoms with van der Waals surface area (Å²) in [5.41, 5.74) is 7.41. The Kier molecular flexibility index (Phi) is 4.37. The van der Waals surface area contributed by atoms with Crippen LogP contribution < -0.4 is 10.5 Å². The van der Waals surface area contributed by atoms with Crippen molar-refractivity contribution in [3.63, 3.8) is 0 Å². The van der Waals surface area contributed by atoms with Crippen molar-refractivity contribution >= 4 is 11.6 Å². The molecule has 1 aromatic carbocycles. The summed E-state index contributed by atoms with van der Waals surface area (Å²) < 4.78 is 5.45. The maximum Gasteiger partial charge on any atom is 0.205 e. The van der Waals surface area contributed by atoms with E-state index < -0.39 is 5.92 Å². The maximum atomic E-state index is 9.35. The van der Waals surface area contributed by atoms with Crippen molar-refractivity contribution in [2.75, 3.05) is 0 Å². The fourth-order valence-electron chi connectivity index (χ4n) is 2.35. The van der Waals surface area contributed by atoms with Crippen LogP contribution in [0.4, 0.5) is 0 Å². The van der Waals surface area contributed by atoms with Crippen LogP contribution in [0, 0.1) is 34.0 Å². The minimum atomic E-state index is -0.399. The number of nitriles is 3. The molecule has 0 fully saturated rings. The molecule has 0 aliphatic carbocycles. The zero-order valence-corrected chi connectivity index (χ0v) is 12.5. The van der Waals surface area contributed by atoms with E-state index in [0.29, 0.717) is 28.3 Å². The second-order valence-electron chi connectivity index (χ2n) is 4.81. The first kappa shape index (κ1) is 15.4. The molecule has 0 spiro atoms. The average Bonchev–Trinajstić information content (AvgIpc) is 2.49. The van der Waals surface area contributed by atoms with Gasteiger partial charge in [0.05, 0.1) is 5.57 Å². The van der Waals surface area contributed by atoms with E-state index in [1.807, 2.05) is 18.2 Å². The number of hydrogen-bond acceptors (Lipinski definition) is 5. The van der Waals surface area contributed by atoms with E-state index in [-0.39, 0.29) is 17.0 Å². The molecule has 0 bridgehead atoms. The molecule has 0 aromatic heterocycles. The number of halogens is 1. The van der Waals surface area contributed by atoms with Crippen LogP contribution in [0.2, 0.25) is 5.02 Å². The summed E-state index contributed by atoms with van der Waals surface area (Å²) >= 11 is 6.02. The summed E-state index contributed by atoms with van der Waals surface area (Å²) in [6, 6.07) is 10.8. The van der Waals surface area contributed by atoms with Gasteiger partial charge in [-0.2, -0.15) is 15.8 Å². The molecular formula is C16H11ClN4O. The van der Waals surface area contributed by atoms with Gasteiger partial charge in [0.15, 0.2) is 0 Å². The third-order valence-corrected chi connectivity index (χ3v) is 3.70. The van der Waals surface area contributed by atoms with Gasteiger partial charge in [0, 0.05) is 16.5 Å². The normalized spacial score (nSPS) is 15.7. The van der Waals surface area contributed by atoms with Crippen LogP contribution in [0.1, 0.15) is 24.8 Å². The third kappa shape index (κ3) is 2.74. The first-order chi connectivity index (χ1) is 10.5. The molecule has 0 saturated heterocycles. The predicted molar refractivity (Wildman–Crippen MR) is 80.2 cm³/mol. The van der Waals surface area contributed by atoms with E-state index in [0.717, 1.165) is 0 Å². The van der Waals surface area contributed by atoms with E-state index in [2.05, 4.69) is 0 Å². The Labute approximate surface area is 133 Å². The van der Waals surface area contributed by atoms with Crippen LogP contribution in [0.15, 0.2) is 40.8 Å². The SMILES string of the molecule is CC(CC1C(C#N)=C(N)Oc2ccc(Cl)cc21)=C(C#N)C#N. The Bertz CT molecular complexity index is 802. The molecule has 0 radical (unpaired) electrons. The molecule has 1 atom stereocenters. The Morgan fingerprint density at radius 3 is 2.59 bits per heavy atom. The van der Waals surface area contributed by atoms with Gasteiger partial charge < -0.3 is 10.5 Å². The van der Waals surface area contributed by atoms with Gasteiger partial charge in [0.1, 0.15) is 29.5 Å². The highest BCUT2D eigenvalue weighted by Crippen LogP contribution is 2.42. The molecule has 2 N–H and O–H groups in total. The van der Waals surface area contributed by atoms with Crippen LogP contribution in [0.25, 0.3) is 0 Å². The van der Waals surface area contributed by atoms with Gasteiger partial charge in [-0.05, 0) is 37.1 Å². The van der Waals surface area contributed by atoms with Crippen molar-refractivity contribution in [1.82, 2.24) is 0 Å². The molecule has 1 aliphatic heterocycles. The molecule has 1 aromatic rings. The Hall–Kier alpha value is -2.94. The number of fused-ring (bicyclic) bond motifs is 1. The first-order valence-corrected chi connectivity index (χ1v) is 6.76. The molecule has 0 saturated carbocycles. The van der Waals surface area contributed by atoms with Gasteiger partial charge in [-0.3, -0.25) is 0 Å². The highest BCUT2D eigenvalue weighted by atomic mass is 35.5. The highest BCUT2D eigenvalue weighted by molar-refractivity contribution is 6.30. The average molecular weight is 311 g/mol. The number of nitrogens with two attached hydrogens (primary N) is 1. The summed E-state index contributed by atoms with van der Waals surface area (Å²) in [5, 5.41) is 27.8. The molecule has 1 heterocycles. The van der Waals surface area contributed by atoms with Gasteiger partial charge >= 0.3 is 0 Å². The second-order valence-corrected chi connectivity index (χ2v) is 5.25. The fourth-order valence-corrected chi connectivity index (χ4v) is 2.53. The summed E-state index contributed by atoms with van der Waals surface area (Å²) in [6.07, 6.45) is 0.316. The fraction of sp³-hybridized carbons (Fsp3) is 0.188. The lowest BCUT2D eigenvalue weighted by Crippen LogP contribution is -2.20. The number of allylic oxidation sites excluding steroid dienone is 3. The van der Waals surface area contributed by atoms with Crippen molar-refractivity contribution in [2.45, 2.75) is 19.3 Å². The van der Waals surface area contributed by atoms with E-state index in [9.17, 15) is 5.26 Å². The smallest absolute Gasteiger partial charge is 0.205 e. The predicted octanol–water partition coefficient (Wildman–Crippen LogP) is 3.26. The number of ether oxygens (including phenoxy) is 1. The standard InChI is InChI=1S/C16H11ClN4O/c1-9(10(6-18)7-19)4-12-13-5-11(17)2-3-15(13)22-16(21)14(12)8-20/h2-3,5,12H,4,21H2,1H3. The van der Waals surface area contributed by atoms with Gasteiger partial charge in [-0.15, -0.1) is 0 Å². The molecule has 108 valence electrons. The van der Waals surface area contributed by atoms with E-state index in [1.165, 1.54) is 0 Å². The molecule has 22 heavy (non-hydrogen) atoms. The minimum absolute atomic E-state index is 0.0330. The lowest BCUT2D eigenvalue weighted by Gasteiger charge is -2.26. The lowest BCUT2D eigenvalue weighted by molar-refractivity contribution is 0.388. The summed E-state index contributed by atoms with van der Waals surface area (Å²) in [6.45, 7) is 1.69. The van der Waals surface area contributed by atoms with E-state index in [1.54, 1.807) is 25.1 Å². The maximum absolute atomic E-state index is 9.35. The van der Waals surface area contributed by atoms with Crippen molar-refractivity contribution in [2.24, 2.45) is 5.73 Å². The van der Waals surface area contributed by atoms with Gasteiger partial charge in [0.2, 0.25) is 5.88 Å². The van der Waals surface area contributed by atoms with Crippen molar-refractivity contribution in [3.8, 4) is 24.0 Å². The molecule has 1 unspecified atom stereocenters. The summed E-state index contributed by atoms with van der Waals surface area (Å²) in [4.78, 5) is 0. The topological polar surface area (TPSA) is 107 Å². The van der Waals surface area contributed by atoms with Crippen LogP contribution >= 0.6 is 11.6 Å². The van der Waals surface area contributed by atoms with E-state index >= 15 is 0 Å². The third-order valence-electron chi connectivity index (χ3n) is 3.46. The molecule has 5 nitrogen and oxygen atoms in total. The number of nitrogens with zero attached hydrogens (tertiary/aromatic N) is 3. The quantitative estimate of drug-likeness (QED) is 0.844. The minimum Gasteiger partial charge on any atom is -0.440 e. The van der Waals surface area contributed by atoms with Crippen LogP contribution in [-0.4, -0.2) is 0 Å². The Morgan fingerprint density at radius 2 is 2.00 bits per heavy atom. The van der Waals surface area contributed by atoms with Gasteiger partial charge in [0.25, 0.3) is 0 Å². The monoisotopic (exact) mass is 310 g/mol. The Balaban J connectivity index is 2.56.